The standard InChI is InChI=1S/C20H30O.C4H10O/c1-4-5-6-15-7-11-20-18(14(15)2)10-8-16-13-17(21-3)9-12-19(16)20;1-4(2,3)5/h9,12-15,18,20H,4-8,10-11H2,1-3H3;5H,1-3H3. The highest BCUT2D eigenvalue weighted by molar-refractivity contribution is 5.40. The number of unbranched alkanes of at least 4 members (excludes halogenated alkanes) is 1. The fraction of sp³-hybridized carbons (Fsp3) is 0.750. The summed E-state index contributed by atoms with van der Waals surface area (Å²) in [6.45, 7) is 10.1. The third-order valence-electron chi connectivity index (χ3n) is 6.21. The second kappa shape index (κ2) is 9.26. The van der Waals surface area contributed by atoms with Gasteiger partial charge in [0.25, 0.3) is 0 Å². The van der Waals surface area contributed by atoms with Crippen molar-refractivity contribution in [3.8, 4) is 5.75 Å². The fourth-order valence-electron chi connectivity index (χ4n) is 4.92. The molecule has 1 saturated carbocycles. The van der Waals surface area contributed by atoms with Gasteiger partial charge in [-0.2, -0.15) is 0 Å². The zero-order valence-corrected chi connectivity index (χ0v) is 17.8. The normalized spacial score (nSPS) is 27.7. The van der Waals surface area contributed by atoms with Crippen LogP contribution in [0, 0.1) is 17.8 Å². The molecule has 2 heteroatoms. The van der Waals surface area contributed by atoms with Crippen molar-refractivity contribution in [1.82, 2.24) is 0 Å². The predicted octanol–water partition coefficient (Wildman–Crippen LogP) is 6.35. The third-order valence-corrected chi connectivity index (χ3v) is 6.21. The maximum absolute atomic E-state index is 8.52. The van der Waals surface area contributed by atoms with Crippen molar-refractivity contribution in [2.75, 3.05) is 7.11 Å². The van der Waals surface area contributed by atoms with Crippen LogP contribution in [0.1, 0.15) is 90.2 Å². The fourth-order valence-corrected chi connectivity index (χ4v) is 4.92. The van der Waals surface area contributed by atoms with Crippen molar-refractivity contribution in [2.45, 2.75) is 91.1 Å². The first-order valence-electron chi connectivity index (χ1n) is 10.6. The number of rotatable bonds is 4. The molecular formula is C24H40O2. The molecule has 0 bridgehead atoms. The summed E-state index contributed by atoms with van der Waals surface area (Å²) >= 11 is 0. The van der Waals surface area contributed by atoms with Crippen LogP contribution in [-0.4, -0.2) is 17.8 Å². The maximum Gasteiger partial charge on any atom is 0.119 e. The molecule has 1 N–H and O–H groups in total. The Morgan fingerprint density at radius 3 is 2.46 bits per heavy atom. The summed E-state index contributed by atoms with van der Waals surface area (Å²) in [6.07, 6.45) is 9.69. The molecule has 2 aliphatic carbocycles. The van der Waals surface area contributed by atoms with Gasteiger partial charge in [0, 0.05) is 0 Å². The molecule has 0 amide bonds. The van der Waals surface area contributed by atoms with Crippen molar-refractivity contribution in [1.29, 1.82) is 0 Å². The molecule has 0 saturated heterocycles. The van der Waals surface area contributed by atoms with Crippen LogP contribution >= 0.6 is 0 Å². The number of aryl methyl sites for hydroxylation is 1. The average molecular weight is 361 g/mol. The maximum atomic E-state index is 8.52. The summed E-state index contributed by atoms with van der Waals surface area (Å²) in [5.74, 6) is 4.64. The van der Waals surface area contributed by atoms with E-state index in [0.29, 0.717) is 0 Å². The molecule has 3 rings (SSSR count). The van der Waals surface area contributed by atoms with E-state index in [-0.39, 0.29) is 0 Å². The summed E-state index contributed by atoms with van der Waals surface area (Å²) in [4.78, 5) is 0. The predicted molar refractivity (Wildman–Crippen MR) is 111 cm³/mol. The molecule has 0 heterocycles. The molecule has 4 atom stereocenters. The van der Waals surface area contributed by atoms with Gasteiger partial charge in [-0.05, 0) is 93.4 Å². The van der Waals surface area contributed by atoms with Crippen LogP contribution in [0.5, 0.6) is 5.75 Å². The first-order chi connectivity index (χ1) is 12.2. The largest absolute Gasteiger partial charge is 0.497 e. The van der Waals surface area contributed by atoms with Crippen LogP contribution in [-0.2, 0) is 6.42 Å². The number of ether oxygens (including phenoxy) is 1. The Bertz CT molecular complexity index is 552. The second-order valence-electron chi connectivity index (χ2n) is 9.38. The quantitative estimate of drug-likeness (QED) is 0.677. The average Bonchev–Trinajstić information content (AvgIpc) is 2.59. The van der Waals surface area contributed by atoms with E-state index in [1.165, 1.54) is 44.9 Å². The minimum Gasteiger partial charge on any atom is -0.497 e. The Balaban J connectivity index is 0.000000431. The molecule has 1 fully saturated rings. The van der Waals surface area contributed by atoms with E-state index in [1.807, 2.05) is 0 Å². The van der Waals surface area contributed by atoms with Crippen molar-refractivity contribution < 1.29 is 9.84 Å². The number of hydrogen-bond acceptors (Lipinski definition) is 2. The lowest BCUT2D eigenvalue weighted by molar-refractivity contribution is 0.102. The highest BCUT2D eigenvalue weighted by atomic mass is 16.5. The first kappa shape index (κ1) is 21.3. The van der Waals surface area contributed by atoms with Crippen molar-refractivity contribution in [3.05, 3.63) is 29.3 Å². The summed E-state index contributed by atoms with van der Waals surface area (Å²) in [7, 11) is 1.77. The summed E-state index contributed by atoms with van der Waals surface area (Å²) in [5, 5.41) is 8.52. The lowest BCUT2D eigenvalue weighted by atomic mass is 9.60. The van der Waals surface area contributed by atoms with Crippen molar-refractivity contribution >= 4 is 0 Å². The van der Waals surface area contributed by atoms with Crippen LogP contribution < -0.4 is 4.74 Å². The Morgan fingerprint density at radius 1 is 1.15 bits per heavy atom. The van der Waals surface area contributed by atoms with E-state index in [9.17, 15) is 0 Å². The second-order valence-corrected chi connectivity index (χ2v) is 9.38. The lowest BCUT2D eigenvalue weighted by Crippen LogP contribution is -2.35. The molecule has 26 heavy (non-hydrogen) atoms. The molecule has 2 nitrogen and oxygen atoms in total. The van der Waals surface area contributed by atoms with Gasteiger partial charge in [0.05, 0.1) is 12.7 Å². The zero-order chi connectivity index (χ0) is 19.3. The molecule has 1 aromatic rings. The first-order valence-corrected chi connectivity index (χ1v) is 10.6. The molecule has 0 aliphatic heterocycles. The minimum absolute atomic E-state index is 0.500. The van der Waals surface area contributed by atoms with Crippen molar-refractivity contribution in [3.63, 3.8) is 0 Å². The molecule has 4 unspecified atom stereocenters. The molecule has 0 aromatic heterocycles. The van der Waals surface area contributed by atoms with Crippen LogP contribution in [0.3, 0.4) is 0 Å². The van der Waals surface area contributed by atoms with Crippen LogP contribution in [0.4, 0.5) is 0 Å². The Hall–Kier alpha value is -1.02. The number of methoxy groups -OCH3 is 1. The van der Waals surface area contributed by atoms with Gasteiger partial charge in [-0.1, -0.05) is 39.2 Å². The SMILES string of the molecule is CC(C)(C)O.CCCCC1CCC2c3ccc(OC)cc3CCC2C1C. The van der Waals surface area contributed by atoms with Crippen LogP contribution in [0.25, 0.3) is 0 Å². The number of aliphatic hydroxyl groups is 1. The van der Waals surface area contributed by atoms with Crippen LogP contribution in [0.15, 0.2) is 18.2 Å². The molecule has 1 aromatic carbocycles. The summed E-state index contributed by atoms with van der Waals surface area (Å²) in [5.41, 5.74) is 2.68. The molecule has 0 spiro atoms. The molecule has 148 valence electrons. The van der Waals surface area contributed by atoms with E-state index in [2.05, 4.69) is 32.0 Å². The minimum atomic E-state index is -0.500. The molecule has 2 aliphatic rings. The van der Waals surface area contributed by atoms with Gasteiger partial charge in [0.1, 0.15) is 5.75 Å². The topological polar surface area (TPSA) is 29.5 Å². The van der Waals surface area contributed by atoms with Gasteiger partial charge in [0.15, 0.2) is 0 Å². The molecular weight excluding hydrogens is 320 g/mol. The zero-order valence-electron chi connectivity index (χ0n) is 17.8. The number of fused-ring (bicyclic) bond motifs is 3. The van der Waals surface area contributed by atoms with E-state index in [4.69, 9.17) is 9.84 Å². The Labute approximate surface area is 161 Å². The van der Waals surface area contributed by atoms with Gasteiger partial charge >= 0.3 is 0 Å². The van der Waals surface area contributed by atoms with E-state index < -0.39 is 5.60 Å². The third kappa shape index (κ3) is 5.74. The van der Waals surface area contributed by atoms with Crippen LogP contribution in [0.2, 0.25) is 0 Å². The molecule has 0 radical (unpaired) electrons. The highest BCUT2D eigenvalue weighted by Gasteiger charge is 2.39. The van der Waals surface area contributed by atoms with E-state index in [0.717, 1.165) is 29.4 Å². The van der Waals surface area contributed by atoms with Gasteiger partial charge in [0.2, 0.25) is 0 Å². The highest BCUT2D eigenvalue weighted by Crippen LogP contribution is 2.51. The van der Waals surface area contributed by atoms with Gasteiger partial charge in [-0.25, -0.2) is 0 Å². The summed E-state index contributed by atoms with van der Waals surface area (Å²) in [6, 6.07) is 6.79. The Morgan fingerprint density at radius 2 is 1.85 bits per heavy atom. The number of benzene rings is 1. The van der Waals surface area contributed by atoms with E-state index >= 15 is 0 Å². The summed E-state index contributed by atoms with van der Waals surface area (Å²) < 4.78 is 5.40. The van der Waals surface area contributed by atoms with Gasteiger partial charge in [-0.15, -0.1) is 0 Å². The van der Waals surface area contributed by atoms with Gasteiger partial charge < -0.3 is 9.84 Å². The smallest absolute Gasteiger partial charge is 0.119 e. The van der Waals surface area contributed by atoms with Gasteiger partial charge in [-0.3, -0.25) is 0 Å². The lowest BCUT2D eigenvalue weighted by Gasteiger charge is -2.45. The number of hydrogen-bond donors (Lipinski definition) is 1. The monoisotopic (exact) mass is 360 g/mol. The Kier molecular flexibility index (Phi) is 7.58. The van der Waals surface area contributed by atoms with Crippen molar-refractivity contribution in [2.24, 2.45) is 17.8 Å². The van der Waals surface area contributed by atoms with E-state index in [1.54, 1.807) is 39.0 Å².